The molecule has 1 aromatic rings. The SMILES string of the molecule is O=C(C(OC1CCCC1)c1ccccc1)N1CC[C@@H](O)C1. The molecule has 4 heteroatoms. The van der Waals surface area contributed by atoms with Gasteiger partial charge in [0.2, 0.25) is 0 Å². The Morgan fingerprint density at radius 1 is 1.19 bits per heavy atom. The minimum Gasteiger partial charge on any atom is -0.391 e. The van der Waals surface area contributed by atoms with Gasteiger partial charge in [0.1, 0.15) is 0 Å². The maximum atomic E-state index is 12.8. The molecule has 1 aliphatic carbocycles. The molecule has 0 bridgehead atoms. The maximum absolute atomic E-state index is 12.8. The van der Waals surface area contributed by atoms with Crippen molar-refractivity contribution in [1.29, 1.82) is 0 Å². The lowest BCUT2D eigenvalue weighted by atomic mass is 10.1. The molecule has 1 unspecified atom stereocenters. The second-order valence-electron chi connectivity index (χ2n) is 6.06. The van der Waals surface area contributed by atoms with E-state index in [9.17, 15) is 9.90 Å². The maximum Gasteiger partial charge on any atom is 0.256 e. The van der Waals surface area contributed by atoms with Crippen molar-refractivity contribution < 1.29 is 14.6 Å². The summed E-state index contributed by atoms with van der Waals surface area (Å²) in [6.45, 7) is 1.05. The van der Waals surface area contributed by atoms with Crippen LogP contribution < -0.4 is 0 Å². The molecule has 1 saturated carbocycles. The Balaban J connectivity index is 1.76. The number of amides is 1. The summed E-state index contributed by atoms with van der Waals surface area (Å²) in [6.07, 6.45) is 4.38. The smallest absolute Gasteiger partial charge is 0.256 e. The van der Waals surface area contributed by atoms with Gasteiger partial charge in [-0.25, -0.2) is 0 Å². The van der Waals surface area contributed by atoms with Crippen LogP contribution in [0.2, 0.25) is 0 Å². The molecule has 0 spiro atoms. The van der Waals surface area contributed by atoms with E-state index in [1.807, 2.05) is 30.3 Å². The van der Waals surface area contributed by atoms with Gasteiger partial charge in [-0.3, -0.25) is 4.79 Å². The minimum atomic E-state index is -0.528. The molecule has 0 aromatic heterocycles. The van der Waals surface area contributed by atoms with Crippen LogP contribution in [0.5, 0.6) is 0 Å². The third-order valence-electron chi connectivity index (χ3n) is 4.43. The normalized spacial score (nSPS) is 24.4. The monoisotopic (exact) mass is 289 g/mol. The van der Waals surface area contributed by atoms with Crippen molar-refractivity contribution in [2.24, 2.45) is 0 Å². The zero-order chi connectivity index (χ0) is 14.7. The number of rotatable bonds is 4. The van der Waals surface area contributed by atoms with Gasteiger partial charge in [-0.2, -0.15) is 0 Å². The van der Waals surface area contributed by atoms with Crippen LogP contribution in [-0.2, 0) is 9.53 Å². The van der Waals surface area contributed by atoms with E-state index < -0.39 is 12.2 Å². The Labute approximate surface area is 125 Å². The summed E-state index contributed by atoms with van der Waals surface area (Å²) in [7, 11) is 0. The summed E-state index contributed by atoms with van der Waals surface area (Å²) in [6, 6.07) is 9.72. The van der Waals surface area contributed by atoms with Gasteiger partial charge in [-0.05, 0) is 24.8 Å². The number of ether oxygens (including phenoxy) is 1. The molecular weight excluding hydrogens is 266 g/mol. The van der Waals surface area contributed by atoms with E-state index in [2.05, 4.69) is 0 Å². The number of likely N-dealkylation sites (tertiary alicyclic amines) is 1. The number of nitrogens with zero attached hydrogens (tertiary/aromatic N) is 1. The molecule has 2 aliphatic rings. The number of hydrogen-bond acceptors (Lipinski definition) is 3. The van der Waals surface area contributed by atoms with Crippen LogP contribution in [0.4, 0.5) is 0 Å². The van der Waals surface area contributed by atoms with E-state index in [0.717, 1.165) is 18.4 Å². The number of aliphatic hydroxyl groups excluding tert-OH is 1. The van der Waals surface area contributed by atoms with Gasteiger partial charge in [0.05, 0.1) is 12.2 Å². The highest BCUT2D eigenvalue weighted by Crippen LogP contribution is 2.30. The number of benzene rings is 1. The van der Waals surface area contributed by atoms with Gasteiger partial charge in [0, 0.05) is 13.1 Å². The van der Waals surface area contributed by atoms with Crippen LogP contribution in [0.3, 0.4) is 0 Å². The highest BCUT2D eigenvalue weighted by Gasteiger charge is 2.33. The fourth-order valence-corrected chi connectivity index (χ4v) is 3.23. The Hall–Kier alpha value is -1.39. The van der Waals surface area contributed by atoms with Gasteiger partial charge < -0.3 is 14.7 Å². The zero-order valence-electron chi connectivity index (χ0n) is 12.3. The zero-order valence-corrected chi connectivity index (χ0v) is 12.3. The summed E-state index contributed by atoms with van der Waals surface area (Å²) < 4.78 is 6.13. The molecule has 0 radical (unpaired) electrons. The number of aliphatic hydroxyl groups is 1. The number of carbonyl (C=O) groups is 1. The van der Waals surface area contributed by atoms with Crippen molar-refractivity contribution in [2.75, 3.05) is 13.1 Å². The Morgan fingerprint density at radius 3 is 2.52 bits per heavy atom. The van der Waals surface area contributed by atoms with Gasteiger partial charge in [0.15, 0.2) is 6.10 Å². The molecule has 2 fully saturated rings. The largest absolute Gasteiger partial charge is 0.391 e. The third-order valence-corrected chi connectivity index (χ3v) is 4.43. The van der Waals surface area contributed by atoms with Crippen LogP contribution in [-0.4, -0.2) is 41.2 Å². The molecular formula is C17H23NO3. The van der Waals surface area contributed by atoms with Gasteiger partial charge in [-0.1, -0.05) is 43.2 Å². The van der Waals surface area contributed by atoms with Crippen molar-refractivity contribution in [3.05, 3.63) is 35.9 Å². The first-order chi connectivity index (χ1) is 10.2. The fraction of sp³-hybridized carbons (Fsp3) is 0.588. The molecule has 1 saturated heterocycles. The van der Waals surface area contributed by atoms with Crippen molar-refractivity contribution in [3.8, 4) is 0 Å². The highest BCUT2D eigenvalue weighted by atomic mass is 16.5. The van der Waals surface area contributed by atoms with Gasteiger partial charge >= 0.3 is 0 Å². The van der Waals surface area contributed by atoms with Crippen molar-refractivity contribution in [3.63, 3.8) is 0 Å². The second-order valence-corrected chi connectivity index (χ2v) is 6.06. The van der Waals surface area contributed by atoms with Gasteiger partial charge in [-0.15, -0.1) is 0 Å². The number of carbonyl (C=O) groups excluding carboxylic acids is 1. The molecule has 4 nitrogen and oxygen atoms in total. The summed E-state index contributed by atoms with van der Waals surface area (Å²) in [5.41, 5.74) is 0.913. The van der Waals surface area contributed by atoms with E-state index in [-0.39, 0.29) is 12.0 Å². The van der Waals surface area contributed by atoms with E-state index in [1.165, 1.54) is 12.8 Å². The Kier molecular flexibility index (Phi) is 4.56. The molecule has 1 aliphatic heterocycles. The Morgan fingerprint density at radius 2 is 1.90 bits per heavy atom. The van der Waals surface area contributed by atoms with E-state index in [4.69, 9.17) is 4.74 Å². The molecule has 1 N–H and O–H groups in total. The lowest BCUT2D eigenvalue weighted by molar-refractivity contribution is -0.147. The van der Waals surface area contributed by atoms with Crippen molar-refractivity contribution >= 4 is 5.91 Å². The molecule has 21 heavy (non-hydrogen) atoms. The summed E-state index contributed by atoms with van der Waals surface area (Å²) in [5.74, 6) is -0.00958. The van der Waals surface area contributed by atoms with Crippen LogP contribution >= 0.6 is 0 Å². The lowest BCUT2D eigenvalue weighted by Crippen LogP contribution is -2.36. The third kappa shape index (κ3) is 3.44. The van der Waals surface area contributed by atoms with Gasteiger partial charge in [0.25, 0.3) is 5.91 Å². The van der Waals surface area contributed by atoms with E-state index in [1.54, 1.807) is 4.90 Å². The average molecular weight is 289 g/mol. The van der Waals surface area contributed by atoms with E-state index >= 15 is 0 Å². The molecule has 2 atom stereocenters. The minimum absolute atomic E-state index is 0.00958. The first-order valence-electron chi connectivity index (χ1n) is 7.91. The number of β-amino-alcohol motifs (C(OH)–C–C–N with tert-alkyl or cyclic N) is 1. The van der Waals surface area contributed by atoms with Crippen molar-refractivity contribution in [2.45, 2.75) is 50.4 Å². The highest BCUT2D eigenvalue weighted by molar-refractivity contribution is 5.82. The Bertz CT molecular complexity index is 470. The quantitative estimate of drug-likeness (QED) is 0.925. The molecule has 1 amide bonds. The topological polar surface area (TPSA) is 49.8 Å². The predicted molar refractivity (Wildman–Crippen MR) is 79.7 cm³/mol. The number of hydrogen-bond donors (Lipinski definition) is 1. The molecule has 1 heterocycles. The summed E-state index contributed by atoms with van der Waals surface area (Å²) in [4.78, 5) is 14.5. The molecule has 1 aromatic carbocycles. The standard InChI is InChI=1S/C17H23NO3/c19-14-10-11-18(12-14)17(20)16(13-6-2-1-3-7-13)21-15-8-4-5-9-15/h1-3,6-7,14-16,19H,4-5,8-12H2/t14-,16?/m1/s1. The summed E-state index contributed by atoms with van der Waals surface area (Å²) in [5, 5.41) is 9.65. The predicted octanol–water partition coefficient (Wildman–Crippen LogP) is 2.28. The van der Waals surface area contributed by atoms with Crippen LogP contribution in [0.15, 0.2) is 30.3 Å². The first-order valence-corrected chi connectivity index (χ1v) is 7.91. The fourth-order valence-electron chi connectivity index (χ4n) is 3.23. The second kappa shape index (κ2) is 6.58. The first kappa shape index (κ1) is 14.5. The lowest BCUT2D eigenvalue weighted by Gasteiger charge is -2.26. The van der Waals surface area contributed by atoms with Crippen LogP contribution in [0.25, 0.3) is 0 Å². The van der Waals surface area contributed by atoms with E-state index in [0.29, 0.717) is 19.5 Å². The van der Waals surface area contributed by atoms with Crippen molar-refractivity contribution in [1.82, 2.24) is 4.90 Å². The molecule has 114 valence electrons. The van der Waals surface area contributed by atoms with Crippen LogP contribution in [0, 0.1) is 0 Å². The van der Waals surface area contributed by atoms with Crippen LogP contribution in [0.1, 0.15) is 43.8 Å². The summed E-state index contributed by atoms with van der Waals surface area (Å²) >= 11 is 0. The average Bonchev–Trinajstić information content (AvgIpc) is 3.16. The molecule has 3 rings (SSSR count).